The minimum absolute atomic E-state index is 0.136. The summed E-state index contributed by atoms with van der Waals surface area (Å²) >= 11 is 6.93. The van der Waals surface area contributed by atoms with E-state index in [4.69, 9.17) is 0 Å². The number of hydrogen-bond acceptors (Lipinski definition) is 9. The lowest BCUT2D eigenvalue weighted by Gasteiger charge is -2.11. The molecule has 2 aromatic carbocycles. The van der Waals surface area contributed by atoms with Gasteiger partial charge in [-0.15, -0.1) is 45.3 Å². The molecule has 0 aliphatic heterocycles. The molecule has 4 aromatic heterocycles. The number of hydrogen-bond donors (Lipinski definition) is 4. The van der Waals surface area contributed by atoms with Crippen LogP contribution in [0, 0.1) is 13.8 Å². The molecule has 0 bridgehead atoms. The number of thioether (sulfide) groups is 1. The molecular weight excluding hydrogens is 769 g/mol. The van der Waals surface area contributed by atoms with Gasteiger partial charge in [0.25, 0.3) is 0 Å². The van der Waals surface area contributed by atoms with E-state index in [9.17, 15) is 39.6 Å². The average Bonchev–Trinajstić information content (AvgIpc) is 3.90. The van der Waals surface area contributed by atoms with Crippen molar-refractivity contribution in [2.24, 2.45) is 0 Å². The Labute approximate surface area is 324 Å². The van der Waals surface area contributed by atoms with Crippen molar-refractivity contribution in [2.45, 2.75) is 26.7 Å². The Morgan fingerprint density at radius 2 is 1.08 bits per heavy atom. The van der Waals surface area contributed by atoms with E-state index in [1.807, 2.05) is 56.3 Å². The van der Waals surface area contributed by atoms with Gasteiger partial charge >= 0.3 is 23.9 Å². The van der Waals surface area contributed by atoms with Crippen LogP contribution in [0.25, 0.3) is 49.5 Å². The van der Waals surface area contributed by atoms with E-state index in [2.05, 4.69) is 13.2 Å². The zero-order valence-corrected chi connectivity index (χ0v) is 32.3. The first-order valence-electron chi connectivity index (χ1n) is 15.8. The third-order valence-corrected chi connectivity index (χ3v) is 14.3. The Kier molecular flexibility index (Phi) is 11.0. The summed E-state index contributed by atoms with van der Waals surface area (Å²) in [5.41, 5.74) is 4.33. The van der Waals surface area contributed by atoms with Crippen LogP contribution in [0.3, 0.4) is 0 Å². The van der Waals surface area contributed by atoms with E-state index in [0.29, 0.717) is 32.1 Å². The first kappa shape index (κ1) is 37.7. The summed E-state index contributed by atoms with van der Waals surface area (Å²) in [6.45, 7) is 12.0. The van der Waals surface area contributed by atoms with Gasteiger partial charge in [-0.25, -0.2) is 9.59 Å². The number of aryl methyl sites for hydroxylation is 2. The van der Waals surface area contributed by atoms with Gasteiger partial charge < -0.3 is 20.4 Å². The molecule has 0 aliphatic rings. The first-order chi connectivity index (χ1) is 25.2. The van der Waals surface area contributed by atoms with Crippen molar-refractivity contribution in [3.05, 3.63) is 130 Å². The van der Waals surface area contributed by atoms with E-state index in [1.54, 1.807) is 30.3 Å². The predicted octanol–water partition coefficient (Wildman–Crippen LogP) is 11.2. The summed E-state index contributed by atoms with van der Waals surface area (Å²) in [6.07, 6.45) is -0.421. The molecule has 0 radical (unpaired) electrons. The lowest BCUT2D eigenvalue weighted by atomic mass is 10.0. The number of benzene rings is 2. The molecule has 0 fully saturated rings. The summed E-state index contributed by atoms with van der Waals surface area (Å²) in [5.74, 6) is -4.05. The standard InChI is InChI=1S/C40H30O8S5/c1-19-5-7-25(27(13-19)39(45)46)21(3)49-22(4)33-15-23(17-35(41)42)37(52-33)31-11-12-32(51-31)38-24(18-36(43)44)16-34(53-38)30-10-9-29(50-30)26-8-6-20(2)14-28(26)40(47)48/h5-16H,3-4,17-18H2,1-2H3,(H,41,42)(H,43,44)(H,45,46)(H,47,48). The van der Waals surface area contributed by atoms with Crippen LogP contribution in [0.5, 0.6) is 0 Å². The SMILES string of the molecule is C=C(SC(=C)c1ccc(C)cc1C(=O)O)c1cc(CC(=O)O)c(-c2ccc(-c3sc(-c4ccc(-c5ccc(C)cc5C(=O)O)s4)cc3CC(=O)O)s2)s1. The lowest BCUT2D eigenvalue weighted by molar-refractivity contribution is -0.137. The highest BCUT2D eigenvalue weighted by Gasteiger charge is 2.23. The molecule has 0 unspecified atom stereocenters. The van der Waals surface area contributed by atoms with Crippen LogP contribution in [0.4, 0.5) is 0 Å². The van der Waals surface area contributed by atoms with Crippen LogP contribution in [0.1, 0.15) is 53.4 Å². The normalized spacial score (nSPS) is 11.1. The van der Waals surface area contributed by atoms with E-state index in [1.165, 1.54) is 57.1 Å². The fourth-order valence-electron chi connectivity index (χ4n) is 5.70. The molecule has 268 valence electrons. The molecule has 4 N–H and O–H groups in total. The minimum Gasteiger partial charge on any atom is -0.481 e. The van der Waals surface area contributed by atoms with Crippen molar-refractivity contribution in [3.8, 4) is 39.7 Å². The quantitative estimate of drug-likeness (QED) is 0.0844. The largest absolute Gasteiger partial charge is 0.481 e. The number of carboxylic acid groups (broad SMARTS) is 4. The topological polar surface area (TPSA) is 149 Å². The van der Waals surface area contributed by atoms with Crippen LogP contribution in [-0.2, 0) is 22.4 Å². The highest BCUT2D eigenvalue weighted by Crippen LogP contribution is 2.49. The summed E-state index contributed by atoms with van der Waals surface area (Å²) in [4.78, 5) is 55.3. The zero-order chi connectivity index (χ0) is 38.1. The van der Waals surface area contributed by atoms with Crippen molar-refractivity contribution >= 4 is 90.8 Å². The predicted molar refractivity (Wildman–Crippen MR) is 218 cm³/mol. The molecule has 6 rings (SSSR count). The number of aliphatic carboxylic acids is 2. The Morgan fingerprint density at radius 3 is 1.70 bits per heavy atom. The number of thiophene rings is 4. The molecule has 53 heavy (non-hydrogen) atoms. The van der Waals surface area contributed by atoms with Gasteiger partial charge in [-0.1, -0.05) is 60.3 Å². The lowest BCUT2D eigenvalue weighted by Crippen LogP contribution is -2.01. The van der Waals surface area contributed by atoms with Gasteiger partial charge in [0.2, 0.25) is 0 Å². The summed E-state index contributed by atoms with van der Waals surface area (Å²) < 4.78 is 0. The number of aromatic carboxylic acids is 2. The fourth-order valence-corrected chi connectivity index (χ4v) is 11.3. The molecule has 6 aromatic rings. The molecule has 0 spiro atoms. The van der Waals surface area contributed by atoms with Crippen LogP contribution in [0.15, 0.2) is 86.0 Å². The average molecular weight is 799 g/mol. The van der Waals surface area contributed by atoms with Crippen LogP contribution in [0.2, 0.25) is 0 Å². The Balaban J connectivity index is 1.32. The van der Waals surface area contributed by atoms with E-state index in [-0.39, 0.29) is 24.0 Å². The van der Waals surface area contributed by atoms with Crippen LogP contribution in [-0.4, -0.2) is 44.3 Å². The zero-order valence-electron chi connectivity index (χ0n) is 28.2. The number of carboxylic acids is 4. The monoisotopic (exact) mass is 798 g/mol. The number of rotatable bonds is 14. The van der Waals surface area contributed by atoms with Gasteiger partial charge in [0.15, 0.2) is 0 Å². The first-order valence-corrected chi connectivity index (χ1v) is 19.9. The second kappa shape index (κ2) is 15.5. The highest BCUT2D eigenvalue weighted by molar-refractivity contribution is 8.16. The van der Waals surface area contributed by atoms with Crippen molar-refractivity contribution in [1.29, 1.82) is 0 Å². The molecule has 4 heterocycles. The molecule has 0 atom stereocenters. The maximum absolute atomic E-state index is 12.0. The smallest absolute Gasteiger partial charge is 0.336 e. The van der Waals surface area contributed by atoms with Crippen LogP contribution < -0.4 is 0 Å². The second-order valence-corrected chi connectivity index (χ2v) is 17.5. The van der Waals surface area contributed by atoms with Crippen molar-refractivity contribution < 1.29 is 39.6 Å². The van der Waals surface area contributed by atoms with E-state index < -0.39 is 23.9 Å². The van der Waals surface area contributed by atoms with Gasteiger partial charge in [-0.3, -0.25) is 9.59 Å². The molecule has 8 nitrogen and oxygen atoms in total. The third-order valence-electron chi connectivity index (χ3n) is 8.10. The van der Waals surface area contributed by atoms with Crippen molar-refractivity contribution in [3.63, 3.8) is 0 Å². The maximum Gasteiger partial charge on any atom is 0.336 e. The van der Waals surface area contributed by atoms with E-state index in [0.717, 1.165) is 50.1 Å². The third kappa shape index (κ3) is 8.29. The van der Waals surface area contributed by atoms with Gasteiger partial charge in [0.05, 0.1) is 24.0 Å². The number of carbonyl (C=O) groups is 4. The van der Waals surface area contributed by atoms with Gasteiger partial charge in [-0.2, -0.15) is 0 Å². The van der Waals surface area contributed by atoms with Gasteiger partial charge in [0.1, 0.15) is 0 Å². The maximum atomic E-state index is 12.0. The molecule has 0 aliphatic carbocycles. The molecule has 0 saturated heterocycles. The second-order valence-electron chi connectivity index (χ2n) is 12.1. The van der Waals surface area contributed by atoms with Gasteiger partial charge in [-0.05, 0) is 73.5 Å². The minimum atomic E-state index is -1.06. The highest BCUT2D eigenvalue weighted by atomic mass is 32.2. The van der Waals surface area contributed by atoms with Gasteiger partial charge in [0, 0.05) is 60.0 Å². The Bertz CT molecular complexity index is 2470. The molecule has 0 amide bonds. The summed E-state index contributed by atoms with van der Waals surface area (Å²) in [7, 11) is 0. The Hall–Kier alpha value is -5.05. The Morgan fingerprint density at radius 1 is 0.547 bits per heavy atom. The van der Waals surface area contributed by atoms with Crippen molar-refractivity contribution in [2.75, 3.05) is 0 Å². The fraction of sp³-hybridized carbons (Fsp3) is 0.100. The van der Waals surface area contributed by atoms with E-state index >= 15 is 0 Å². The summed E-state index contributed by atoms with van der Waals surface area (Å²) in [5, 5.41) is 39.1. The molecular formula is C40H30O8S5. The molecule has 0 saturated carbocycles. The summed E-state index contributed by atoms with van der Waals surface area (Å²) in [6, 6.07) is 21.7. The molecule has 13 heteroatoms. The van der Waals surface area contributed by atoms with Crippen molar-refractivity contribution in [1.82, 2.24) is 0 Å². The van der Waals surface area contributed by atoms with Crippen LogP contribution >= 0.6 is 57.1 Å².